The molecule has 0 radical (unpaired) electrons. The first-order valence-corrected chi connectivity index (χ1v) is 4.82. The standard InChI is InChI=1S/C10H11BrO3/c1-14-10-5-7(3-2-4-12)8(11)6-9(10)13/h2-3,5-6,12-13H,4H2,1H3. The number of aliphatic hydroxyl groups is 1. The van der Waals surface area contributed by atoms with Gasteiger partial charge in [0.2, 0.25) is 0 Å². The molecule has 0 saturated heterocycles. The first-order valence-electron chi connectivity index (χ1n) is 4.03. The van der Waals surface area contributed by atoms with E-state index in [0.29, 0.717) is 5.75 Å². The van der Waals surface area contributed by atoms with Crippen molar-refractivity contribution in [3.8, 4) is 11.5 Å². The third kappa shape index (κ3) is 2.49. The predicted octanol–water partition coefficient (Wildman–Crippen LogP) is 2.17. The summed E-state index contributed by atoms with van der Waals surface area (Å²) in [5, 5.41) is 18.0. The van der Waals surface area contributed by atoms with Crippen molar-refractivity contribution in [2.75, 3.05) is 13.7 Å². The summed E-state index contributed by atoms with van der Waals surface area (Å²) in [4.78, 5) is 0. The molecule has 0 fully saturated rings. The molecule has 1 aromatic rings. The van der Waals surface area contributed by atoms with Crippen LogP contribution >= 0.6 is 15.9 Å². The van der Waals surface area contributed by atoms with Crippen LogP contribution in [0.25, 0.3) is 6.08 Å². The van der Waals surface area contributed by atoms with E-state index in [1.54, 1.807) is 24.3 Å². The molecule has 0 saturated carbocycles. The monoisotopic (exact) mass is 258 g/mol. The third-order valence-electron chi connectivity index (χ3n) is 1.70. The highest BCUT2D eigenvalue weighted by Crippen LogP contribution is 2.32. The number of methoxy groups -OCH3 is 1. The zero-order chi connectivity index (χ0) is 10.6. The van der Waals surface area contributed by atoms with Gasteiger partial charge in [-0.3, -0.25) is 0 Å². The number of hydrogen-bond donors (Lipinski definition) is 2. The van der Waals surface area contributed by atoms with Crippen molar-refractivity contribution < 1.29 is 14.9 Å². The highest BCUT2D eigenvalue weighted by Gasteiger charge is 2.05. The van der Waals surface area contributed by atoms with E-state index in [0.717, 1.165) is 10.0 Å². The van der Waals surface area contributed by atoms with E-state index in [1.165, 1.54) is 7.11 Å². The average Bonchev–Trinajstić information content (AvgIpc) is 2.17. The zero-order valence-corrected chi connectivity index (χ0v) is 9.28. The van der Waals surface area contributed by atoms with E-state index in [4.69, 9.17) is 9.84 Å². The average molecular weight is 259 g/mol. The van der Waals surface area contributed by atoms with Gasteiger partial charge in [-0.1, -0.05) is 28.1 Å². The first kappa shape index (κ1) is 11.1. The summed E-state index contributed by atoms with van der Waals surface area (Å²) in [7, 11) is 1.49. The van der Waals surface area contributed by atoms with Gasteiger partial charge in [0.1, 0.15) is 0 Å². The number of phenols is 1. The number of halogens is 1. The summed E-state index contributed by atoms with van der Waals surface area (Å²) >= 11 is 3.29. The Morgan fingerprint density at radius 3 is 2.79 bits per heavy atom. The Morgan fingerprint density at radius 1 is 1.50 bits per heavy atom. The first-order chi connectivity index (χ1) is 6.69. The molecule has 14 heavy (non-hydrogen) atoms. The molecule has 0 amide bonds. The van der Waals surface area contributed by atoms with Crippen LogP contribution < -0.4 is 4.74 Å². The summed E-state index contributed by atoms with van der Waals surface area (Å²) in [5.74, 6) is 0.492. The Bertz CT molecular complexity index is 347. The fourth-order valence-corrected chi connectivity index (χ4v) is 1.49. The third-order valence-corrected chi connectivity index (χ3v) is 2.39. The number of hydrogen-bond acceptors (Lipinski definition) is 3. The molecular weight excluding hydrogens is 248 g/mol. The second-order valence-electron chi connectivity index (χ2n) is 2.63. The van der Waals surface area contributed by atoms with Gasteiger partial charge in [0.05, 0.1) is 13.7 Å². The van der Waals surface area contributed by atoms with Gasteiger partial charge in [-0.25, -0.2) is 0 Å². The van der Waals surface area contributed by atoms with Gasteiger partial charge in [-0.15, -0.1) is 0 Å². The molecule has 2 N–H and O–H groups in total. The summed E-state index contributed by atoms with van der Waals surface area (Å²) in [6, 6.07) is 3.24. The van der Waals surface area contributed by atoms with Crippen molar-refractivity contribution in [1.82, 2.24) is 0 Å². The lowest BCUT2D eigenvalue weighted by Crippen LogP contribution is -1.86. The lowest BCUT2D eigenvalue weighted by atomic mass is 10.2. The minimum Gasteiger partial charge on any atom is -0.504 e. The van der Waals surface area contributed by atoms with Crippen LogP contribution in [0, 0.1) is 0 Å². The van der Waals surface area contributed by atoms with Crippen LogP contribution in [-0.2, 0) is 0 Å². The Balaban J connectivity index is 3.10. The molecule has 0 aliphatic carbocycles. The quantitative estimate of drug-likeness (QED) is 0.874. The van der Waals surface area contributed by atoms with Crippen LogP contribution in [0.15, 0.2) is 22.7 Å². The van der Waals surface area contributed by atoms with Gasteiger partial charge in [-0.05, 0) is 17.7 Å². The van der Waals surface area contributed by atoms with Crippen LogP contribution in [0.3, 0.4) is 0 Å². The number of benzene rings is 1. The number of phenolic OH excluding ortho intramolecular Hbond substituents is 1. The molecule has 0 atom stereocenters. The Labute approximate surface area is 90.8 Å². The van der Waals surface area contributed by atoms with E-state index in [2.05, 4.69) is 15.9 Å². The smallest absolute Gasteiger partial charge is 0.161 e. The largest absolute Gasteiger partial charge is 0.504 e. The van der Waals surface area contributed by atoms with Crippen molar-refractivity contribution in [1.29, 1.82) is 0 Å². The molecule has 3 nitrogen and oxygen atoms in total. The minimum atomic E-state index is -0.0182. The molecule has 0 unspecified atom stereocenters. The molecular formula is C10H11BrO3. The van der Waals surface area contributed by atoms with Crippen molar-refractivity contribution in [3.05, 3.63) is 28.2 Å². The van der Waals surface area contributed by atoms with Crippen molar-refractivity contribution in [2.45, 2.75) is 0 Å². The van der Waals surface area contributed by atoms with Crippen molar-refractivity contribution in [3.63, 3.8) is 0 Å². The van der Waals surface area contributed by atoms with Gasteiger partial charge in [0, 0.05) is 4.47 Å². The SMILES string of the molecule is COc1cc(C=CCO)c(Br)cc1O. The van der Waals surface area contributed by atoms with E-state index in [1.807, 2.05) is 0 Å². The molecule has 0 spiro atoms. The van der Waals surface area contributed by atoms with E-state index in [-0.39, 0.29) is 12.4 Å². The minimum absolute atomic E-state index is 0.0182. The summed E-state index contributed by atoms with van der Waals surface area (Å²) in [6.07, 6.45) is 3.35. The lowest BCUT2D eigenvalue weighted by Gasteiger charge is -2.06. The molecule has 76 valence electrons. The fraction of sp³-hybridized carbons (Fsp3) is 0.200. The van der Waals surface area contributed by atoms with E-state index < -0.39 is 0 Å². The molecule has 1 aromatic carbocycles. The van der Waals surface area contributed by atoms with Gasteiger partial charge in [-0.2, -0.15) is 0 Å². The van der Waals surface area contributed by atoms with E-state index in [9.17, 15) is 5.11 Å². The molecule has 4 heteroatoms. The Kier molecular flexibility index (Phi) is 3.98. The fourth-order valence-electron chi connectivity index (χ4n) is 1.03. The van der Waals surface area contributed by atoms with Crippen LogP contribution in [0.4, 0.5) is 0 Å². The normalized spacial score (nSPS) is 10.8. The maximum Gasteiger partial charge on any atom is 0.161 e. The summed E-state index contributed by atoms with van der Waals surface area (Å²) in [6.45, 7) is -0.0182. The maximum atomic E-state index is 9.41. The van der Waals surface area contributed by atoms with E-state index >= 15 is 0 Å². The van der Waals surface area contributed by atoms with Crippen molar-refractivity contribution >= 4 is 22.0 Å². The maximum absolute atomic E-state index is 9.41. The second kappa shape index (κ2) is 5.02. The van der Waals surface area contributed by atoms with Gasteiger partial charge in [0.25, 0.3) is 0 Å². The molecule has 0 bridgehead atoms. The lowest BCUT2D eigenvalue weighted by molar-refractivity contribution is 0.343. The Morgan fingerprint density at radius 2 is 2.21 bits per heavy atom. The van der Waals surface area contributed by atoms with Gasteiger partial charge >= 0.3 is 0 Å². The molecule has 0 heterocycles. The predicted molar refractivity (Wildman–Crippen MR) is 58.5 cm³/mol. The van der Waals surface area contributed by atoms with Crippen molar-refractivity contribution in [2.24, 2.45) is 0 Å². The van der Waals surface area contributed by atoms with Crippen LogP contribution in [0.2, 0.25) is 0 Å². The van der Waals surface area contributed by atoms with Gasteiger partial charge in [0.15, 0.2) is 11.5 Å². The van der Waals surface area contributed by atoms with Crippen LogP contribution in [0.5, 0.6) is 11.5 Å². The van der Waals surface area contributed by atoms with Crippen LogP contribution in [-0.4, -0.2) is 23.9 Å². The zero-order valence-electron chi connectivity index (χ0n) is 7.70. The number of rotatable bonds is 3. The Hall–Kier alpha value is -1.00. The molecule has 0 aromatic heterocycles. The highest BCUT2D eigenvalue weighted by atomic mass is 79.9. The number of ether oxygens (including phenoxy) is 1. The summed E-state index contributed by atoms with van der Waals surface area (Å²) < 4.78 is 5.70. The number of aromatic hydroxyl groups is 1. The van der Waals surface area contributed by atoms with Gasteiger partial charge < -0.3 is 14.9 Å². The second-order valence-corrected chi connectivity index (χ2v) is 3.48. The molecule has 0 aliphatic rings. The molecule has 0 aliphatic heterocycles. The topological polar surface area (TPSA) is 49.7 Å². The number of aliphatic hydroxyl groups excluding tert-OH is 1. The molecule has 1 rings (SSSR count). The van der Waals surface area contributed by atoms with Crippen LogP contribution in [0.1, 0.15) is 5.56 Å². The summed E-state index contributed by atoms with van der Waals surface area (Å²) in [5.41, 5.74) is 0.841. The highest BCUT2D eigenvalue weighted by molar-refractivity contribution is 9.10.